The zero-order valence-electron chi connectivity index (χ0n) is 8.62. The van der Waals surface area contributed by atoms with Crippen LogP contribution in [0, 0.1) is 0 Å². The highest BCUT2D eigenvalue weighted by molar-refractivity contribution is 7.90. The van der Waals surface area contributed by atoms with Crippen LogP contribution in [0.5, 0.6) is 0 Å². The number of rotatable bonds is 3. The number of imidazole rings is 1. The highest BCUT2D eigenvalue weighted by Gasteiger charge is 2.19. The molecule has 2 aromatic rings. The molecule has 0 aliphatic carbocycles. The van der Waals surface area contributed by atoms with E-state index < -0.39 is 15.9 Å². The second kappa shape index (κ2) is 4.38. The number of aromatic amines is 1. The van der Waals surface area contributed by atoms with Crippen molar-refractivity contribution >= 4 is 15.9 Å². The molecule has 17 heavy (non-hydrogen) atoms. The van der Waals surface area contributed by atoms with E-state index in [0.717, 1.165) is 0 Å². The SMILES string of the molecule is O=C(NS(=O)(=O)c1ccccc1)c1ncc[nH]1. The average Bonchev–Trinajstić information content (AvgIpc) is 2.83. The molecule has 1 heterocycles. The van der Waals surface area contributed by atoms with Crippen LogP contribution in [-0.2, 0) is 10.0 Å². The van der Waals surface area contributed by atoms with Gasteiger partial charge in [-0.15, -0.1) is 0 Å². The largest absolute Gasteiger partial charge is 0.341 e. The number of hydrogen-bond donors (Lipinski definition) is 2. The molecular weight excluding hydrogens is 242 g/mol. The van der Waals surface area contributed by atoms with Crippen LogP contribution in [0.1, 0.15) is 10.6 Å². The van der Waals surface area contributed by atoms with Crippen molar-refractivity contribution in [3.63, 3.8) is 0 Å². The summed E-state index contributed by atoms with van der Waals surface area (Å²) in [6.07, 6.45) is 2.80. The third kappa shape index (κ3) is 2.51. The highest BCUT2D eigenvalue weighted by Crippen LogP contribution is 2.07. The maximum atomic E-state index is 11.8. The van der Waals surface area contributed by atoms with Crippen LogP contribution in [-0.4, -0.2) is 24.3 Å². The normalized spacial score (nSPS) is 11.1. The van der Waals surface area contributed by atoms with Gasteiger partial charge >= 0.3 is 5.91 Å². The van der Waals surface area contributed by atoms with Crippen molar-refractivity contribution in [1.82, 2.24) is 14.7 Å². The van der Waals surface area contributed by atoms with E-state index in [9.17, 15) is 13.2 Å². The number of aromatic nitrogens is 2. The topological polar surface area (TPSA) is 91.9 Å². The van der Waals surface area contributed by atoms with Crippen LogP contribution in [0.15, 0.2) is 47.6 Å². The van der Waals surface area contributed by atoms with E-state index in [0.29, 0.717) is 0 Å². The van der Waals surface area contributed by atoms with Crippen molar-refractivity contribution in [3.05, 3.63) is 48.5 Å². The van der Waals surface area contributed by atoms with Gasteiger partial charge in [-0.2, -0.15) is 0 Å². The first-order valence-corrected chi connectivity index (χ1v) is 6.19. The van der Waals surface area contributed by atoms with Crippen molar-refractivity contribution in [2.24, 2.45) is 0 Å². The fourth-order valence-corrected chi connectivity index (χ4v) is 2.19. The number of nitrogens with one attached hydrogen (secondary N) is 2. The molecule has 0 aliphatic rings. The van der Waals surface area contributed by atoms with Gasteiger partial charge in [0.25, 0.3) is 10.0 Å². The Morgan fingerprint density at radius 3 is 2.53 bits per heavy atom. The molecule has 0 fully saturated rings. The van der Waals surface area contributed by atoms with Crippen molar-refractivity contribution in [2.45, 2.75) is 4.90 Å². The molecule has 0 saturated carbocycles. The number of H-pyrrole nitrogens is 1. The predicted octanol–water partition coefficient (Wildman–Crippen LogP) is 0.528. The van der Waals surface area contributed by atoms with Gasteiger partial charge in [-0.05, 0) is 12.1 Å². The number of benzene rings is 1. The molecule has 0 unspecified atom stereocenters. The van der Waals surface area contributed by atoms with E-state index in [2.05, 4.69) is 9.97 Å². The summed E-state index contributed by atoms with van der Waals surface area (Å²) in [5.41, 5.74) is 0. The van der Waals surface area contributed by atoms with Crippen molar-refractivity contribution < 1.29 is 13.2 Å². The number of amides is 1. The van der Waals surface area contributed by atoms with Gasteiger partial charge in [0.05, 0.1) is 4.90 Å². The lowest BCUT2D eigenvalue weighted by Gasteiger charge is -2.04. The molecule has 0 spiro atoms. The Morgan fingerprint density at radius 1 is 1.24 bits per heavy atom. The minimum atomic E-state index is -3.85. The summed E-state index contributed by atoms with van der Waals surface area (Å²) in [5.74, 6) is -0.844. The van der Waals surface area contributed by atoms with Gasteiger partial charge in [0.2, 0.25) is 0 Å². The zero-order valence-corrected chi connectivity index (χ0v) is 9.44. The van der Waals surface area contributed by atoms with Crippen LogP contribution in [0.2, 0.25) is 0 Å². The fourth-order valence-electron chi connectivity index (χ4n) is 1.22. The summed E-state index contributed by atoms with van der Waals surface area (Å²) in [5, 5.41) is 0. The Morgan fingerprint density at radius 2 is 1.94 bits per heavy atom. The maximum Gasteiger partial charge on any atom is 0.300 e. The van der Waals surface area contributed by atoms with Gasteiger partial charge in [-0.25, -0.2) is 18.1 Å². The minimum absolute atomic E-state index is 0.0277. The molecule has 88 valence electrons. The second-order valence-electron chi connectivity index (χ2n) is 3.19. The molecule has 1 amide bonds. The van der Waals surface area contributed by atoms with E-state index in [1.54, 1.807) is 18.2 Å². The standard InChI is InChI=1S/C10H9N3O3S/c14-10(9-11-6-7-12-9)13-17(15,16)8-4-2-1-3-5-8/h1-7H,(H,11,12)(H,13,14). The molecule has 1 aromatic carbocycles. The fraction of sp³-hybridized carbons (Fsp3) is 0. The maximum absolute atomic E-state index is 11.8. The van der Waals surface area contributed by atoms with Crippen molar-refractivity contribution in [3.8, 4) is 0 Å². The van der Waals surface area contributed by atoms with Gasteiger partial charge in [-0.1, -0.05) is 18.2 Å². The smallest absolute Gasteiger partial charge is 0.300 e. The number of hydrogen-bond acceptors (Lipinski definition) is 4. The average molecular weight is 251 g/mol. The number of sulfonamides is 1. The molecule has 0 bridgehead atoms. The molecule has 0 saturated heterocycles. The monoisotopic (exact) mass is 251 g/mol. The van der Waals surface area contributed by atoms with Crippen LogP contribution in [0.4, 0.5) is 0 Å². The summed E-state index contributed by atoms with van der Waals surface area (Å²) >= 11 is 0. The first-order valence-electron chi connectivity index (χ1n) is 4.71. The minimum Gasteiger partial charge on any atom is -0.341 e. The molecule has 1 aromatic heterocycles. The Labute approximate surface area is 97.8 Å². The lowest BCUT2D eigenvalue weighted by Crippen LogP contribution is -2.31. The van der Waals surface area contributed by atoms with Crippen molar-refractivity contribution in [2.75, 3.05) is 0 Å². The molecular formula is C10H9N3O3S. The lowest BCUT2D eigenvalue weighted by atomic mass is 10.4. The highest BCUT2D eigenvalue weighted by atomic mass is 32.2. The predicted molar refractivity (Wildman–Crippen MR) is 59.7 cm³/mol. The molecule has 7 heteroatoms. The van der Waals surface area contributed by atoms with E-state index >= 15 is 0 Å². The van der Waals surface area contributed by atoms with Gasteiger partial charge in [0.1, 0.15) is 0 Å². The summed E-state index contributed by atoms with van der Waals surface area (Å²) in [4.78, 5) is 17.7. The Hall–Kier alpha value is -2.15. The lowest BCUT2D eigenvalue weighted by molar-refractivity contribution is 0.0972. The van der Waals surface area contributed by atoms with Gasteiger partial charge < -0.3 is 4.98 Å². The molecule has 2 rings (SSSR count). The third-order valence-electron chi connectivity index (χ3n) is 1.99. The number of carbonyl (C=O) groups excluding carboxylic acids is 1. The first-order chi connectivity index (χ1) is 8.09. The van der Waals surface area contributed by atoms with E-state index in [1.807, 2.05) is 4.72 Å². The molecule has 0 atom stereocenters. The Bertz CT molecular complexity index is 606. The van der Waals surface area contributed by atoms with Gasteiger partial charge in [0, 0.05) is 12.4 Å². The summed E-state index contributed by atoms with van der Waals surface area (Å²) < 4.78 is 25.4. The quantitative estimate of drug-likeness (QED) is 0.832. The van der Waals surface area contributed by atoms with Crippen LogP contribution in [0.3, 0.4) is 0 Å². The molecule has 0 aliphatic heterocycles. The Kier molecular flexibility index (Phi) is 2.92. The van der Waals surface area contributed by atoms with Crippen LogP contribution < -0.4 is 4.72 Å². The number of carbonyl (C=O) groups is 1. The summed E-state index contributed by atoms with van der Waals surface area (Å²) in [6.45, 7) is 0. The van der Waals surface area contributed by atoms with E-state index in [1.165, 1.54) is 24.5 Å². The molecule has 0 radical (unpaired) electrons. The Balaban J connectivity index is 2.22. The molecule has 2 N–H and O–H groups in total. The summed E-state index contributed by atoms with van der Waals surface area (Å²) in [6, 6.07) is 7.64. The van der Waals surface area contributed by atoms with Gasteiger partial charge in [0.15, 0.2) is 5.82 Å². The van der Waals surface area contributed by atoms with Crippen LogP contribution in [0.25, 0.3) is 0 Å². The van der Waals surface area contributed by atoms with E-state index in [-0.39, 0.29) is 10.7 Å². The summed E-state index contributed by atoms with van der Waals surface area (Å²) in [7, 11) is -3.85. The zero-order chi connectivity index (χ0) is 12.3. The first kappa shape index (κ1) is 11.3. The number of nitrogens with zero attached hydrogens (tertiary/aromatic N) is 1. The third-order valence-corrected chi connectivity index (χ3v) is 3.34. The van der Waals surface area contributed by atoms with E-state index in [4.69, 9.17) is 0 Å². The molecule has 6 nitrogen and oxygen atoms in total. The van der Waals surface area contributed by atoms with Crippen molar-refractivity contribution in [1.29, 1.82) is 0 Å². The van der Waals surface area contributed by atoms with Crippen LogP contribution >= 0.6 is 0 Å². The second-order valence-corrected chi connectivity index (χ2v) is 4.87. The van der Waals surface area contributed by atoms with Gasteiger partial charge in [-0.3, -0.25) is 4.79 Å².